The van der Waals surface area contributed by atoms with Gasteiger partial charge in [-0.1, -0.05) is 0 Å². The fraction of sp³-hybridized carbons (Fsp3) is 0.308. The summed E-state index contributed by atoms with van der Waals surface area (Å²) in [5, 5.41) is 4.17. The Kier molecular flexibility index (Phi) is 3.82. The minimum Gasteiger partial charge on any atom is -0.496 e. The molecule has 0 aliphatic carbocycles. The second-order valence-electron chi connectivity index (χ2n) is 4.29. The van der Waals surface area contributed by atoms with E-state index in [9.17, 15) is 4.39 Å². The van der Waals surface area contributed by atoms with E-state index >= 15 is 0 Å². The quantitative estimate of drug-likeness (QED) is 0.647. The maximum atomic E-state index is 13.5. The number of hydrogen-bond donors (Lipinski definition) is 2. The molecule has 1 heterocycles. The lowest BCUT2D eigenvalue weighted by Gasteiger charge is -2.19. The van der Waals surface area contributed by atoms with Gasteiger partial charge >= 0.3 is 0 Å². The summed E-state index contributed by atoms with van der Waals surface area (Å²) in [7, 11) is 3.38. The van der Waals surface area contributed by atoms with Gasteiger partial charge in [0, 0.05) is 23.9 Å². The van der Waals surface area contributed by atoms with Crippen LogP contribution in [0.4, 0.5) is 4.39 Å². The fourth-order valence-corrected chi connectivity index (χ4v) is 2.08. The van der Waals surface area contributed by atoms with Gasteiger partial charge in [0.1, 0.15) is 11.6 Å². The van der Waals surface area contributed by atoms with Crippen LogP contribution in [0.3, 0.4) is 0 Å². The lowest BCUT2D eigenvalue weighted by Crippen LogP contribution is -2.29. The van der Waals surface area contributed by atoms with E-state index < -0.39 is 0 Å². The molecule has 0 spiro atoms. The number of nitrogens with one attached hydrogen (secondary N) is 1. The average molecular weight is 264 g/mol. The number of nitrogens with two attached hydrogens (primary N) is 1. The molecular weight excluding hydrogens is 247 g/mol. The number of aromatic nitrogens is 2. The zero-order valence-corrected chi connectivity index (χ0v) is 11.1. The maximum Gasteiger partial charge on any atom is 0.124 e. The number of nitrogens with zero attached hydrogens (tertiary/aromatic N) is 2. The highest BCUT2D eigenvalue weighted by Crippen LogP contribution is 2.31. The second kappa shape index (κ2) is 5.38. The highest BCUT2D eigenvalue weighted by atomic mass is 19.1. The van der Waals surface area contributed by atoms with Crippen LogP contribution in [0.1, 0.15) is 22.9 Å². The number of hydrazine groups is 1. The van der Waals surface area contributed by atoms with Gasteiger partial charge in [0.25, 0.3) is 0 Å². The molecule has 0 amide bonds. The van der Waals surface area contributed by atoms with Crippen molar-refractivity contribution in [1.82, 2.24) is 15.2 Å². The van der Waals surface area contributed by atoms with Gasteiger partial charge < -0.3 is 4.74 Å². The molecular formula is C13H17FN4O. The van der Waals surface area contributed by atoms with Gasteiger partial charge in [0.15, 0.2) is 0 Å². The molecule has 1 atom stereocenters. The number of rotatable bonds is 4. The molecule has 1 unspecified atom stereocenters. The summed E-state index contributed by atoms with van der Waals surface area (Å²) in [6, 6.07) is 3.97. The third-order valence-corrected chi connectivity index (χ3v) is 3.25. The van der Waals surface area contributed by atoms with Crippen LogP contribution in [-0.2, 0) is 7.05 Å². The highest BCUT2D eigenvalue weighted by molar-refractivity contribution is 5.42. The number of ether oxygens (including phenoxy) is 1. The van der Waals surface area contributed by atoms with Crippen molar-refractivity contribution < 1.29 is 9.13 Å². The zero-order valence-electron chi connectivity index (χ0n) is 11.1. The predicted molar refractivity (Wildman–Crippen MR) is 70.1 cm³/mol. The smallest absolute Gasteiger partial charge is 0.124 e. The Bertz CT molecular complexity index is 582. The summed E-state index contributed by atoms with van der Waals surface area (Å²) in [6.07, 6.45) is 1.71. The third kappa shape index (κ3) is 2.45. The van der Waals surface area contributed by atoms with Crippen LogP contribution in [0, 0.1) is 12.7 Å². The van der Waals surface area contributed by atoms with Crippen molar-refractivity contribution in [3.8, 4) is 5.75 Å². The van der Waals surface area contributed by atoms with Gasteiger partial charge in [-0.25, -0.2) is 9.82 Å². The minimum atomic E-state index is -0.376. The molecule has 5 nitrogen and oxygen atoms in total. The zero-order chi connectivity index (χ0) is 14.0. The van der Waals surface area contributed by atoms with E-state index in [1.807, 2.05) is 14.0 Å². The average Bonchev–Trinajstić information content (AvgIpc) is 2.72. The molecule has 0 saturated carbocycles. The van der Waals surface area contributed by atoms with Gasteiger partial charge in [-0.3, -0.25) is 10.5 Å². The SMILES string of the molecule is COc1ccc(F)cc1C(NN)c1cnn(C)c1C. The van der Waals surface area contributed by atoms with Crippen molar-refractivity contribution in [1.29, 1.82) is 0 Å². The predicted octanol–water partition coefficient (Wildman–Crippen LogP) is 1.43. The van der Waals surface area contributed by atoms with E-state index in [0.717, 1.165) is 11.3 Å². The van der Waals surface area contributed by atoms with Crippen molar-refractivity contribution in [3.05, 3.63) is 47.0 Å². The maximum absolute atomic E-state index is 13.5. The Morgan fingerprint density at radius 1 is 1.42 bits per heavy atom. The molecule has 0 aliphatic heterocycles. The molecule has 0 saturated heterocycles. The van der Waals surface area contributed by atoms with Gasteiger partial charge in [-0.15, -0.1) is 0 Å². The van der Waals surface area contributed by atoms with Gasteiger partial charge in [-0.2, -0.15) is 5.10 Å². The Labute approximate surface area is 111 Å². The first-order valence-electron chi connectivity index (χ1n) is 5.86. The molecule has 2 rings (SSSR count). The summed E-state index contributed by atoms with van der Waals surface area (Å²) in [5.41, 5.74) is 5.17. The molecule has 102 valence electrons. The van der Waals surface area contributed by atoms with Crippen molar-refractivity contribution in [2.75, 3.05) is 7.11 Å². The summed E-state index contributed by atoms with van der Waals surface area (Å²) in [5.74, 6) is 5.86. The summed E-state index contributed by atoms with van der Waals surface area (Å²) in [6.45, 7) is 1.93. The summed E-state index contributed by atoms with van der Waals surface area (Å²) >= 11 is 0. The molecule has 0 bridgehead atoms. The minimum absolute atomic E-state index is 0.336. The molecule has 1 aromatic heterocycles. The van der Waals surface area contributed by atoms with E-state index in [4.69, 9.17) is 10.6 Å². The van der Waals surface area contributed by atoms with Crippen LogP contribution >= 0.6 is 0 Å². The molecule has 6 heteroatoms. The van der Waals surface area contributed by atoms with E-state index in [1.54, 1.807) is 24.1 Å². The lowest BCUT2D eigenvalue weighted by molar-refractivity contribution is 0.402. The van der Waals surface area contributed by atoms with E-state index in [0.29, 0.717) is 11.3 Å². The number of benzene rings is 1. The second-order valence-corrected chi connectivity index (χ2v) is 4.29. The van der Waals surface area contributed by atoms with Crippen LogP contribution in [0.15, 0.2) is 24.4 Å². The molecule has 0 radical (unpaired) electrons. The molecule has 0 fully saturated rings. The van der Waals surface area contributed by atoms with Crippen LogP contribution < -0.4 is 16.0 Å². The monoisotopic (exact) mass is 264 g/mol. The molecule has 2 aromatic rings. The van der Waals surface area contributed by atoms with Crippen LogP contribution in [0.2, 0.25) is 0 Å². The summed E-state index contributed by atoms with van der Waals surface area (Å²) < 4.78 is 20.5. The number of hydrogen-bond acceptors (Lipinski definition) is 4. The Morgan fingerprint density at radius 2 is 2.16 bits per heavy atom. The van der Waals surface area contributed by atoms with E-state index in [-0.39, 0.29) is 11.9 Å². The Balaban J connectivity index is 2.53. The van der Waals surface area contributed by atoms with Crippen molar-refractivity contribution in [2.45, 2.75) is 13.0 Å². The normalized spacial score (nSPS) is 12.5. The number of methoxy groups -OCH3 is 1. The van der Waals surface area contributed by atoms with Gasteiger partial charge in [0.2, 0.25) is 0 Å². The molecule has 19 heavy (non-hydrogen) atoms. The first-order chi connectivity index (χ1) is 9.08. The van der Waals surface area contributed by atoms with Crippen molar-refractivity contribution in [3.63, 3.8) is 0 Å². The lowest BCUT2D eigenvalue weighted by atomic mass is 9.99. The third-order valence-electron chi connectivity index (χ3n) is 3.25. The molecule has 1 aromatic carbocycles. The standard InChI is InChI=1S/C13H17FN4O/c1-8-11(7-16-18(8)2)13(17-15)10-6-9(14)4-5-12(10)19-3/h4-7,13,17H,15H2,1-3H3. The largest absolute Gasteiger partial charge is 0.496 e. The Morgan fingerprint density at radius 3 is 2.68 bits per heavy atom. The van der Waals surface area contributed by atoms with Crippen molar-refractivity contribution >= 4 is 0 Å². The van der Waals surface area contributed by atoms with Crippen molar-refractivity contribution in [2.24, 2.45) is 12.9 Å². The van der Waals surface area contributed by atoms with Gasteiger partial charge in [0.05, 0.1) is 19.3 Å². The summed E-state index contributed by atoms with van der Waals surface area (Å²) in [4.78, 5) is 0. The van der Waals surface area contributed by atoms with Crippen LogP contribution in [0.25, 0.3) is 0 Å². The first kappa shape index (κ1) is 13.5. The van der Waals surface area contributed by atoms with E-state index in [1.165, 1.54) is 12.1 Å². The Hall–Kier alpha value is -1.92. The molecule has 0 aliphatic rings. The van der Waals surface area contributed by atoms with Crippen LogP contribution in [-0.4, -0.2) is 16.9 Å². The van der Waals surface area contributed by atoms with E-state index in [2.05, 4.69) is 10.5 Å². The highest BCUT2D eigenvalue weighted by Gasteiger charge is 2.21. The van der Waals surface area contributed by atoms with Crippen LogP contribution in [0.5, 0.6) is 5.75 Å². The molecule has 3 N–H and O–H groups in total. The number of aryl methyl sites for hydroxylation is 1. The topological polar surface area (TPSA) is 65.1 Å². The fourth-order valence-electron chi connectivity index (χ4n) is 2.08. The number of halogens is 1. The first-order valence-corrected chi connectivity index (χ1v) is 5.86. The van der Waals surface area contributed by atoms with Gasteiger partial charge in [-0.05, 0) is 25.1 Å².